The molecule has 1 aliphatic carbocycles. The Morgan fingerprint density at radius 3 is 1.76 bits per heavy atom. The minimum Gasteiger partial charge on any atom is -0.310 e. The van der Waals surface area contributed by atoms with Crippen molar-refractivity contribution in [2.45, 2.75) is 18.8 Å². The molecule has 1 amide bonds. The molecule has 5 aromatic carbocycles. The number of hydrogen-bond donors (Lipinski definition) is 2. The van der Waals surface area contributed by atoms with Crippen molar-refractivity contribution in [3.63, 3.8) is 0 Å². The molecule has 0 heterocycles. The van der Waals surface area contributed by atoms with Gasteiger partial charge in [-0.05, 0) is 82.8 Å². The van der Waals surface area contributed by atoms with Gasteiger partial charge in [0, 0.05) is 28.0 Å². The number of carbonyl (C=O) groups is 1. The van der Waals surface area contributed by atoms with Crippen LogP contribution in [0.2, 0.25) is 0 Å². The molecule has 0 bridgehead atoms. The lowest BCUT2D eigenvalue weighted by molar-refractivity contribution is 0.0953. The summed E-state index contributed by atoms with van der Waals surface area (Å²) in [6, 6.07) is 44.2. The van der Waals surface area contributed by atoms with Crippen LogP contribution in [0.5, 0.6) is 0 Å². The maximum Gasteiger partial charge on any atom is 0.265 e. The molecule has 0 aliphatic heterocycles. The molecular formula is C34H29N3O. The van der Waals surface area contributed by atoms with Crippen LogP contribution >= 0.6 is 0 Å². The maximum absolute atomic E-state index is 12.5. The van der Waals surface area contributed by atoms with E-state index in [-0.39, 0.29) is 5.91 Å². The summed E-state index contributed by atoms with van der Waals surface area (Å²) in [4.78, 5) is 14.8. The highest BCUT2D eigenvalue weighted by Crippen LogP contribution is 2.55. The largest absolute Gasteiger partial charge is 0.310 e. The summed E-state index contributed by atoms with van der Waals surface area (Å²) in [5.41, 5.74) is 11.6. The number of benzene rings is 5. The summed E-state index contributed by atoms with van der Waals surface area (Å²) in [6.07, 6.45) is 0.838. The summed E-state index contributed by atoms with van der Waals surface area (Å²) < 4.78 is 0. The number of nitrogens with one attached hydrogen (secondary N) is 1. The molecule has 0 spiro atoms. The second-order valence-corrected chi connectivity index (χ2v) is 9.60. The first kappa shape index (κ1) is 23.7. The predicted octanol–water partition coefficient (Wildman–Crippen LogP) is 7.48. The van der Waals surface area contributed by atoms with Gasteiger partial charge in [-0.25, -0.2) is 5.84 Å². The second-order valence-electron chi connectivity index (χ2n) is 9.60. The van der Waals surface area contributed by atoms with Crippen molar-refractivity contribution >= 4 is 23.0 Å². The van der Waals surface area contributed by atoms with Crippen molar-refractivity contribution in [1.29, 1.82) is 0 Å². The molecule has 0 radical (unpaired) electrons. The molecule has 1 unspecified atom stereocenters. The number of fused-ring (bicyclic) bond motifs is 3. The lowest BCUT2D eigenvalue weighted by Crippen LogP contribution is -2.31. The normalized spacial score (nSPS) is 15.4. The Bertz CT molecular complexity index is 1560. The monoisotopic (exact) mass is 495 g/mol. The number of nitrogens with zero attached hydrogens (tertiary/aromatic N) is 1. The van der Waals surface area contributed by atoms with Gasteiger partial charge in [-0.2, -0.15) is 0 Å². The number of amides is 1. The molecule has 5 aromatic rings. The highest BCUT2D eigenvalue weighted by atomic mass is 16.2. The highest BCUT2D eigenvalue weighted by Gasteiger charge is 2.44. The predicted molar refractivity (Wildman–Crippen MR) is 155 cm³/mol. The fraction of sp³-hybridized carbons (Fsp3) is 0.0882. The number of rotatable bonds is 6. The fourth-order valence-electron chi connectivity index (χ4n) is 5.98. The smallest absolute Gasteiger partial charge is 0.265 e. The van der Waals surface area contributed by atoms with E-state index in [0.29, 0.717) is 5.56 Å². The third kappa shape index (κ3) is 3.69. The molecule has 4 nitrogen and oxygen atoms in total. The van der Waals surface area contributed by atoms with Crippen LogP contribution in [0.3, 0.4) is 0 Å². The van der Waals surface area contributed by atoms with E-state index in [1.165, 1.54) is 16.7 Å². The van der Waals surface area contributed by atoms with Crippen LogP contribution in [0.4, 0.5) is 17.1 Å². The van der Waals surface area contributed by atoms with Gasteiger partial charge in [0.15, 0.2) is 0 Å². The summed E-state index contributed by atoms with van der Waals surface area (Å²) in [5.74, 6) is 5.21. The van der Waals surface area contributed by atoms with Crippen LogP contribution in [0, 0.1) is 0 Å². The molecule has 0 saturated heterocycles. The Kier molecular flexibility index (Phi) is 6.02. The first-order valence-electron chi connectivity index (χ1n) is 12.9. The van der Waals surface area contributed by atoms with E-state index in [1.54, 1.807) is 0 Å². The molecule has 0 aromatic heterocycles. The summed E-state index contributed by atoms with van der Waals surface area (Å²) in [7, 11) is 0. The Balaban J connectivity index is 1.62. The maximum atomic E-state index is 12.5. The SMILES string of the molecule is CCC1(c2ccccc2)c2cc(C(=O)NN)ccc2-c2ccc(N(c3ccccc3)c3ccccc3)cc21. The molecule has 6 rings (SSSR count). The van der Waals surface area contributed by atoms with Gasteiger partial charge in [-0.15, -0.1) is 0 Å². The zero-order valence-electron chi connectivity index (χ0n) is 21.3. The number of nitrogen functional groups attached to an aromatic ring is 1. The van der Waals surface area contributed by atoms with Gasteiger partial charge in [0.2, 0.25) is 0 Å². The van der Waals surface area contributed by atoms with E-state index >= 15 is 0 Å². The number of nitrogens with two attached hydrogens (primary N) is 1. The molecule has 0 fully saturated rings. The van der Waals surface area contributed by atoms with Gasteiger partial charge >= 0.3 is 0 Å². The van der Waals surface area contributed by atoms with Crippen molar-refractivity contribution in [2.75, 3.05) is 4.90 Å². The molecule has 1 atom stereocenters. The Morgan fingerprint density at radius 1 is 0.684 bits per heavy atom. The molecule has 4 heteroatoms. The third-order valence-electron chi connectivity index (χ3n) is 7.71. The summed E-state index contributed by atoms with van der Waals surface area (Å²) in [6.45, 7) is 2.22. The van der Waals surface area contributed by atoms with Crippen molar-refractivity contribution in [3.05, 3.63) is 150 Å². The standard InChI is InChI=1S/C34H29N3O/c1-2-34(25-12-6-3-7-13-25)31-22-24(33(38)36-35)18-20-29(31)30-21-19-28(23-32(30)34)37(26-14-8-4-9-15-26)27-16-10-5-11-17-27/h3-23H,2,35H2,1H3,(H,36,38). The zero-order valence-corrected chi connectivity index (χ0v) is 21.3. The van der Waals surface area contributed by atoms with Gasteiger partial charge in [-0.3, -0.25) is 10.2 Å². The highest BCUT2D eigenvalue weighted by molar-refractivity contribution is 5.96. The minimum atomic E-state index is -0.411. The van der Waals surface area contributed by atoms with E-state index in [1.807, 2.05) is 30.3 Å². The average Bonchev–Trinajstić information content (AvgIpc) is 3.27. The van der Waals surface area contributed by atoms with Gasteiger partial charge in [0.1, 0.15) is 0 Å². The molecule has 186 valence electrons. The van der Waals surface area contributed by atoms with Gasteiger partial charge < -0.3 is 4.90 Å². The minimum absolute atomic E-state index is 0.290. The van der Waals surface area contributed by atoms with E-state index < -0.39 is 5.41 Å². The average molecular weight is 496 g/mol. The molecule has 1 aliphatic rings. The number of carbonyl (C=O) groups excluding carboxylic acids is 1. The van der Waals surface area contributed by atoms with Crippen LogP contribution in [-0.2, 0) is 5.41 Å². The van der Waals surface area contributed by atoms with Crippen LogP contribution in [-0.4, -0.2) is 5.91 Å². The Labute approximate surface area is 223 Å². The van der Waals surface area contributed by atoms with Crippen molar-refractivity contribution in [2.24, 2.45) is 5.84 Å². The first-order valence-corrected chi connectivity index (χ1v) is 12.9. The third-order valence-corrected chi connectivity index (χ3v) is 7.71. The van der Waals surface area contributed by atoms with Crippen molar-refractivity contribution in [3.8, 4) is 11.1 Å². The van der Waals surface area contributed by atoms with Crippen LogP contribution in [0.1, 0.15) is 40.4 Å². The van der Waals surface area contributed by atoms with E-state index in [4.69, 9.17) is 5.84 Å². The first-order chi connectivity index (χ1) is 18.7. The van der Waals surface area contributed by atoms with Crippen molar-refractivity contribution < 1.29 is 4.79 Å². The number of para-hydroxylation sites is 2. The van der Waals surface area contributed by atoms with E-state index in [9.17, 15) is 4.79 Å². The molecule has 38 heavy (non-hydrogen) atoms. The number of hydrogen-bond acceptors (Lipinski definition) is 3. The second kappa shape index (κ2) is 9.66. The van der Waals surface area contributed by atoms with E-state index in [0.717, 1.165) is 34.6 Å². The number of anilines is 3. The summed E-state index contributed by atoms with van der Waals surface area (Å²) >= 11 is 0. The Morgan fingerprint density at radius 2 is 1.21 bits per heavy atom. The van der Waals surface area contributed by atoms with Gasteiger partial charge in [-0.1, -0.05) is 85.8 Å². The van der Waals surface area contributed by atoms with Gasteiger partial charge in [0.05, 0.1) is 0 Å². The molecule has 3 N–H and O–H groups in total. The quantitative estimate of drug-likeness (QED) is 0.146. The van der Waals surface area contributed by atoms with Crippen molar-refractivity contribution in [1.82, 2.24) is 5.43 Å². The zero-order chi connectivity index (χ0) is 26.1. The van der Waals surface area contributed by atoms with Gasteiger partial charge in [0.25, 0.3) is 5.91 Å². The summed E-state index contributed by atoms with van der Waals surface area (Å²) in [5, 5.41) is 0. The molecular weight excluding hydrogens is 466 g/mol. The lowest BCUT2D eigenvalue weighted by Gasteiger charge is -2.33. The molecule has 0 saturated carbocycles. The van der Waals surface area contributed by atoms with Crippen LogP contribution in [0.25, 0.3) is 11.1 Å². The number of hydrazine groups is 1. The van der Waals surface area contributed by atoms with Crippen LogP contribution in [0.15, 0.2) is 127 Å². The topological polar surface area (TPSA) is 58.4 Å². The lowest BCUT2D eigenvalue weighted by atomic mass is 9.70. The van der Waals surface area contributed by atoms with E-state index in [2.05, 4.69) is 114 Å². The van der Waals surface area contributed by atoms with Crippen LogP contribution < -0.4 is 16.2 Å². The fourth-order valence-corrected chi connectivity index (χ4v) is 5.98. The Hall–Kier alpha value is -4.67.